The number of aliphatic hydroxyl groups is 1. The normalized spacial score (nSPS) is 10.6. The molecule has 3 nitrogen and oxygen atoms in total. The zero-order valence-corrected chi connectivity index (χ0v) is 12.7. The summed E-state index contributed by atoms with van der Waals surface area (Å²) < 4.78 is 5.97. The fourth-order valence-electron chi connectivity index (χ4n) is 2.25. The predicted molar refractivity (Wildman–Crippen MR) is 85.9 cm³/mol. The van der Waals surface area contributed by atoms with Gasteiger partial charge in [-0.1, -0.05) is 31.2 Å². The van der Waals surface area contributed by atoms with Crippen LogP contribution in [0.25, 0.3) is 0 Å². The standard InChI is InChI=1S/C18H23NO2/c1-3-19-13-16-8-9-17(12-14(16)2)21-18-7-5-4-6-15(18)10-11-20/h4-9,12,19-20H,3,10-11,13H2,1-2H3. The van der Waals surface area contributed by atoms with E-state index in [2.05, 4.69) is 31.3 Å². The molecule has 2 aromatic rings. The molecule has 0 fully saturated rings. The Kier molecular flexibility index (Phi) is 5.78. The van der Waals surface area contributed by atoms with Crippen molar-refractivity contribution in [3.8, 4) is 11.5 Å². The van der Waals surface area contributed by atoms with E-state index < -0.39 is 0 Å². The molecule has 0 bridgehead atoms. The van der Waals surface area contributed by atoms with Crippen molar-refractivity contribution in [2.24, 2.45) is 0 Å². The lowest BCUT2D eigenvalue weighted by Gasteiger charge is -2.13. The molecule has 0 spiro atoms. The van der Waals surface area contributed by atoms with Crippen LogP contribution in [0.2, 0.25) is 0 Å². The Morgan fingerprint density at radius 3 is 2.62 bits per heavy atom. The van der Waals surface area contributed by atoms with Crippen molar-refractivity contribution in [3.63, 3.8) is 0 Å². The van der Waals surface area contributed by atoms with E-state index in [4.69, 9.17) is 9.84 Å². The first-order valence-electron chi connectivity index (χ1n) is 7.41. The molecular weight excluding hydrogens is 262 g/mol. The molecule has 0 aliphatic rings. The molecular formula is C18H23NO2. The van der Waals surface area contributed by atoms with Gasteiger partial charge in [-0.15, -0.1) is 0 Å². The summed E-state index contributed by atoms with van der Waals surface area (Å²) in [4.78, 5) is 0. The Bertz CT molecular complexity index is 581. The average Bonchev–Trinajstić information content (AvgIpc) is 2.49. The molecule has 0 amide bonds. The third kappa shape index (κ3) is 4.31. The molecule has 21 heavy (non-hydrogen) atoms. The molecule has 2 aromatic carbocycles. The van der Waals surface area contributed by atoms with E-state index >= 15 is 0 Å². The monoisotopic (exact) mass is 285 g/mol. The zero-order chi connectivity index (χ0) is 15.1. The second kappa shape index (κ2) is 7.81. The highest BCUT2D eigenvalue weighted by Crippen LogP contribution is 2.27. The molecule has 0 heterocycles. The summed E-state index contributed by atoms with van der Waals surface area (Å²) in [5.74, 6) is 1.64. The van der Waals surface area contributed by atoms with E-state index in [9.17, 15) is 0 Å². The fourth-order valence-corrected chi connectivity index (χ4v) is 2.25. The van der Waals surface area contributed by atoms with Crippen molar-refractivity contribution >= 4 is 0 Å². The quantitative estimate of drug-likeness (QED) is 0.819. The van der Waals surface area contributed by atoms with Crippen LogP contribution in [0, 0.1) is 6.92 Å². The first kappa shape index (κ1) is 15.5. The minimum atomic E-state index is 0.126. The largest absolute Gasteiger partial charge is 0.457 e. The molecule has 0 saturated heterocycles. The summed E-state index contributed by atoms with van der Waals surface area (Å²) in [5, 5.41) is 12.4. The van der Waals surface area contributed by atoms with E-state index in [0.29, 0.717) is 6.42 Å². The molecule has 0 aromatic heterocycles. The summed E-state index contributed by atoms with van der Waals surface area (Å²) in [6, 6.07) is 14.0. The van der Waals surface area contributed by atoms with Crippen LogP contribution < -0.4 is 10.1 Å². The minimum Gasteiger partial charge on any atom is -0.457 e. The molecule has 0 aliphatic carbocycles. The van der Waals surface area contributed by atoms with E-state index in [-0.39, 0.29) is 6.61 Å². The third-order valence-electron chi connectivity index (χ3n) is 3.46. The summed E-state index contributed by atoms with van der Waals surface area (Å²) >= 11 is 0. The Morgan fingerprint density at radius 1 is 1.10 bits per heavy atom. The summed E-state index contributed by atoms with van der Waals surface area (Å²) in [7, 11) is 0. The number of benzene rings is 2. The van der Waals surface area contributed by atoms with Crippen molar-refractivity contribution < 1.29 is 9.84 Å². The van der Waals surface area contributed by atoms with Crippen molar-refractivity contribution in [1.82, 2.24) is 5.32 Å². The lowest BCUT2D eigenvalue weighted by atomic mass is 10.1. The summed E-state index contributed by atoms with van der Waals surface area (Å²) in [5.41, 5.74) is 3.52. The van der Waals surface area contributed by atoms with Crippen LogP contribution >= 0.6 is 0 Å². The number of nitrogens with one attached hydrogen (secondary N) is 1. The van der Waals surface area contributed by atoms with E-state index in [1.54, 1.807) is 0 Å². The highest BCUT2D eigenvalue weighted by molar-refractivity contribution is 5.41. The highest BCUT2D eigenvalue weighted by atomic mass is 16.5. The number of hydrogen-bond acceptors (Lipinski definition) is 3. The van der Waals surface area contributed by atoms with Gasteiger partial charge in [0.15, 0.2) is 0 Å². The predicted octanol–water partition coefficient (Wildman–Crippen LogP) is 3.43. The summed E-state index contributed by atoms with van der Waals surface area (Å²) in [6.07, 6.45) is 0.605. The molecule has 0 saturated carbocycles. The number of hydrogen-bond donors (Lipinski definition) is 2. The maximum Gasteiger partial charge on any atom is 0.130 e. The fraction of sp³-hybridized carbons (Fsp3) is 0.333. The van der Waals surface area contributed by atoms with Gasteiger partial charge in [0.2, 0.25) is 0 Å². The van der Waals surface area contributed by atoms with E-state index in [0.717, 1.165) is 30.2 Å². The molecule has 0 aliphatic heterocycles. The van der Waals surface area contributed by atoms with Crippen LogP contribution in [0.3, 0.4) is 0 Å². The Morgan fingerprint density at radius 2 is 1.90 bits per heavy atom. The van der Waals surface area contributed by atoms with Crippen LogP contribution in [-0.4, -0.2) is 18.3 Å². The third-order valence-corrected chi connectivity index (χ3v) is 3.46. The van der Waals surface area contributed by atoms with Crippen molar-refractivity contribution in [2.75, 3.05) is 13.2 Å². The lowest BCUT2D eigenvalue weighted by molar-refractivity contribution is 0.298. The topological polar surface area (TPSA) is 41.5 Å². The van der Waals surface area contributed by atoms with E-state index in [1.165, 1.54) is 11.1 Å². The van der Waals surface area contributed by atoms with Crippen LogP contribution in [0.5, 0.6) is 11.5 Å². The van der Waals surface area contributed by atoms with Gasteiger partial charge in [0.1, 0.15) is 11.5 Å². The molecule has 0 radical (unpaired) electrons. The number of aryl methyl sites for hydroxylation is 1. The van der Waals surface area contributed by atoms with E-state index in [1.807, 2.05) is 30.3 Å². The van der Waals surface area contributed by atoms with Gasteiger partial charge >= 0.3 is 0 Å². The first-order chi connectivity index (χ1) is 10.2. The average molecular weight is 285 g/mol. The SMILES string of the molecule is CCNCc1ccc(Oc2ccccc2CCO)cc1C. The van der Waals surface area contributed by atoms with Gasteiger partial charge in [-0.25, -0.2) is 0 Å². The molecule has 112 valence electrons. The second-order valence-electron chi connectivity index (χ2n) is 5.05. The van der Waals surface area contributed by atoms with Crippen LogP contribution in [0.15, 0.2) is 42.5 Å². The Labute approximate surface area is 126 Å². The van der Waals surface area contributed by atoms with Gasteiger partial charge in [-0.3, -0.25) is 0 Å². The number of aliphatic hydroxyl groups excluding tert-OH is 1. The first-order valence-corrected chi connectivity index (χ1v) is 7.41. The summed E-state index contributed by atoms with van der Waals surface area (Å²) in [6.45, 7) is 6.17. The highest BCUT2D eigenvalue weighted by Gasteiger charge is 2.05. The van der Waals surface area contributed by atoms with Gasteiger partial charge in [-0.05, 0) is 54.8 Å². The van der Waals surface area contributed by atoms with Crippen LogP contribution in [-0.2, 0) is 13.0 Å². The van der Waals surface area contributed by atoms with Gasteiger partial charge in [0.05, 0.1) is 0 Å². The molecule has 2 rings (SSSR count). The Hall–Kier alpha value is -1.84. The van der Waals surface area contributed by atoms with Crippen molar-refractivity contribution in [1.29, 1.82) is 0 Å². The van der Waals surface area contributed by atoms with Gasteiger partial charge < -0.3 is 15.2 Å². The number of ether oxygens (including phenoxy) is 1. The number of rotatable bonds is 7. The van der Waals surface area contributed by atoms with Gasteiger partial charge in [0, 0.05) is 13.2 Å². The van der Waals surface area contributed by atoms with Crippen molar-refractivity contribution in [2.45, 2.75) is 26.8 Å². The number of para-hydroxylation sites is 1. The van der Waals surface area contributed by atoms with Crippen molar-refractivity contribution in [3.05, 3.63) is 59.2 Å². The van der Waals surface area contributed by atoms with Crippen LogP contribution in [0.4, 0.5) is 0 Å². The van der Waals surface area contributed by atoms with Crippen LogP contribution in [0.1, 0.15) is 23.6 Å². The molecule has 0 atom stereocenters. The maximum absolute atomic E-state index is 9.11. The minimum absolute atomic E-state index is 0.126. The zero-order valence-electron chi connectivity index (χ0n) is 12.7. The lowest BCUT2D eigenvalue weighted by Crippen LogP contribution is -2.12. The molecule has 3 heteroatoms. The molecule has 2 N–H and O–H groups in total. The van der Waals surface area contributed by atoms with Gasteiger partial charge in [0.25, 0.3) is 0 Å². The second-order valence-corrected chi connectivity index (χ2v) is 5.05. The smallest absolute Gasteiger partial charge is 0.130 e. The van der Waals surface area contributed by atoms with Gasteiger partial charge in [-0.2, -0.15) is 0 Å². The molecule has 0 unspecified atom stereocenters. The Balaban J connectivity index is 2.15. The maximum atomic E-state index is 9.11.